The van der Waals surface area contributed by atoms with Crippen molar-refractivity contribution in [2.75, 3.05) is 31.1 Å². The number of aromatic nitrogens is 2. The van der Waals surface area contributed by atoms with Crippen molar-refractivity contribution in [2.24, 2.45) is 0 Å². The van der Waals surface area contributed by atoms with Crippen molar-refractivity contribution in [3.05, 3.63) is 27.7 Å². The highest BCUT2D eigenvalue weighted by Crippen LogP contribution is 2.20. The molecule has 0 bridgehead atoms. The average Bonchev–Trinajstić information content (AvgIpc) is 3.13. The van der Waals surface area contributed by atoms with Gasteiger partial charge < -0.3 is 5.32 Å². The molecule has 144 valence electrons. The minimum atomic E-state index is 0.0806. The van der Waals surface area contributed by atoms with Crippen molar-refractivity contribution in [2.45, 2.75) is 70.0 Å². The first kappa shape index (κ1) is 18.5. The lowest BCUT2D eigenvalue weighted by molar-refractivity contribution is 0.134. The third-order valence-electron chi connectivity index (χ3n) is 6.24. The summed E-state index contributed by atoms with van der Waals surface area (Å²) >= 11 is 2.09. The summed E-state index contributed by atoms with van der Waals surface area (Å²) in [6, 6.07) is 3.15. The highest BCUT2D eigenvalue weighted by Gasteiger charge is 2.24. The molecule has 2 fully saturated rings. The molecule has 2 aliphatic heterocycles. The second-order valence-electron chi connectivity index (χ2n) is 8.01. The van der Waals surface area contributed by atoms with Gasteiger partial charge in [-0.05, 0) is 68.6 Å². The fraction of sp³-hybridized carbons (Fsp3) is 0.800. The maximum absolute atomic E-state index is 12.3. The lowest BCUT2D eigenvalue weighted by Crippen LogP contribution is -2.49. The van der Waals surface area contributed by atoms with Gasteiger partial charge in [-0.25, -0.2) is 4.68 Å². The maximum atomic E-state index is 12.3. The van der Waals surface area contributed by atoms with Crippen LogP contribution in [0.2, 0.25) is 0 Å². The van der Waals surface area contributed by atoms with Crippen LogP contribution in [0.4, 0.5) is 0 Å². The predicted molar refractivity (Wildman–Crippen MR) is 108 cm³/mol. The van der Waals surface area contributed by atoms with E-state index in [9.17, 15) is 4.79 Å². The van der Waals surface area contributed by atoms with Crippen LogP contribution in [0.25, 0.3) is 0 Å². The molecule has 2 saturated heterocycles. The topological polar surface area (TPSA) is 50.2 Å². The zero-order valence-corrected chi connectivity index (χ0v) is 16.6. The molecule has 1 atom stereocenters. The third kappa shape index (κ3) is 4.52. The molecule has 1 aromatic heterocycles. The Morgan fingerprint density at radius 1 is 1.12 bits per heavy atom. The third-order valence-corrected chi connectivity index (χ3v) is 7.28. The number of rotatable bonds is 6. The summed E-state index contributed by atoms with van der Waals surface area (Å²) in [5, 5.41) is 8.47. The van der Waals surface area contributed by atoms with Crippen LogP contribution in [-0.4, -0.2) is 57.9 Å². The highest BCUT2D eigenvalue weighted by atomic mass is 32.2. The predicted octanol–water partition coefficient (Wildman–Crippen LogP) is 2.07. The van der Waals surface area contributed by atoms with Gasteiger partial charge in [0.05, 0.1) is 12.2 Å². The number of nitrogens with zero attached hydrogens (tertiary/aromatic N) is 3. The summed E-state index contributed by atoms with van der Waals surface area (Å²) in [5.41, 5.74) is 2.41. The van der Waals surface area contributed by atoms with Crippen LogP contribution >= 0.6 is 11.8 Å². The van der Waals surface area contributed by atoms with Gasteiger partial charge in [0.25, 0.3) is 5.56 Å². The van der Waals surface area contributed by atoms with E-state index in [2.05, 4.69) is 27.1 Å². The molecule has 0 radical (unpaired) electrons. The second-order valence-corrected chi connectivity index (χ2v) is 9.24. The Hall–Kier alpha value is -0.850. The molecular weight excluding hydrogens is 344 g/mol. The van der Waals surface area contributed by atoms with Gasteiger partial charge in [0.15, 0.2) is 0 Å². The van der Waals surface area contributed by atoms with Crippen molar-refractivity contribution in [3.8, 4) is 0 Å². The molecular formula is C20H32N4OS. The summed E-state index contributed by atoms with van der Waals surface area (Å²) in [7, 11) is 0. The smallest absolute Gasteiger partial charge is 0.267 e. The number of thioether (sulfide) groups is 1. The van der Waals surface area contributed by atoms with Gasteiger partial charge in [-0.3, -0.25) is 9.69 Å². The van der Waals surface area contributed by atoms with Gasteiger partial charge in [-0.2, -0.15) is 16.9 Å². The van der Waals surface area contributed by atoms with Crippen molar-refractivity contribution in [1.82, 2.24) is 20.0 Å². The van der Waals surface area contributed by atoms with E-state index < -0.39 is 0 Å². The molecule has 4 rings (SSSR count). The summed E-state index contributed by atoms with van der Waals surface area (Å²) in [5.74, 6) is 2.61. The van der Waals surface area contributed by atoms with Crippen LogP contribution in [0.15, 0.2) is 10.9 Å². The molecule has 1 N–H and O–H groups in total. The quantitative estimate of drug-likeness (QED) is 0.824. The van der Waals surface area contributed by atoms with Crippen LogP contribution in [0.5, 0.6) is 0 Å². The monoisotopic (exact) mass is 376 g/mol. The van der Waals surface area contributed by atoms with E-state index in [1.54, 1.807) is 4.68 Å². The first-order chi connectivity index (χ1) is 12.8. The number of piperidine rings is 1. The van der Waals surface area contributed by atoms with Crippen molar-refractivity contribution in [1.29, 1.82) is 0 Å². The number of hydrogen-bond acceptors (Lipinski definition) is 5. The number of fused-ring (bicyclic) bond motifs is 1. The van der Waals surface area contributed by atoms with Crippen molar-refractivity contribution in [3.63, 3.8) is 0 Å². The Labute approximate surface area is 160 Å². The van der Waals surface area contributed by atoms with Crippen LogP contribution in [-0.2, 0) is 19.4 Å². The van der Waals surface area contributed by atoms with E-state index in [0.717, 1.165) is 51.1 Å². The van der Waals surface area contributed by atoms with Crippen LogP contribution in [0.3, 0.4) is 0 Å². The van der Waals surface area contributed by atoms with E-state index in [1.165, 1.54) is 49.2 Å². The van der Waals surface area contributed by atoms with E-state index in [1.807, 2.05) is 6.07 Å². The Kier molecular flexibility index (Phi) is 6.33. The molecule has 0 spiro atoms. The van der Waals surface area contributed by atoms with Crippen molar-refractivity contribution < 1.29 is 0 Å². The molecule has 1 unspecified atom stereocenters. The van der Waals surface area contributed by atoms with E-state index in [0.29, 0.717) is 12.1 Å². The zero-order chi connectivity index (χ0) is 17.8. The molecule has 0 amide bonds. The molecule has 0 aromatic carbocycles. The molecule has 3 heterocycles. The van der Waals surface area contributed by atoms with Gasteiger partial charge in [-0.15, -0.1) is 0 Å². The summed E-state index contributed by atoms with van der Waals surface area (Å²) in [6.07, 6.45) is 9.72. The highest BCUT2D eigenvalue weighted by molar-refractivity contribution is 7.99. The number of nitrogens with one attached hydrogen (secondary N) is 1. The molecule has 1 aromatic rings. The zero-order valence-electron chi connectivity index (χ0n) is 15.8. The first-order valence-corrected chi connectivity index (χ1v) is 11.6. The van der Waals surface area contributed by atoms with Crippen LogP contribution in [0.1, 0.15) is 49.8 Å². The molecule has 1 aliphatic carbocycles. The van der Waals surface area contributed by atoms with Gasteiger partial charge >= 0.3 is 0 Å². The minimum Gasteiger partial charge on any atom is -0.312 e. The van der Waals surface area contributed by atoms with Gasteiger partial charge in [0.1, 0.15) is 0 Å². The lowest BCUT2D eigenvalue weighted by atomic mass is 10.0. The summed E-state index contributed by atoms with van der Waals surface area (Å²) in [4.78, 5) is 14.9. The maximum Gasteiger partial charge on any atom is 0.267 e. The molecule has 5 nitrogen and oxygen atoms in total. The number of likely N-dealkylation sites (tertiary alicyclic amines) is 1. The fourth-order valence-corrected chi connectivity index (χ4v) is 5.72. The fourth-order valence-electron chi connectivity index (χ4n) is 4.61. The Balaban J connectivity index is 1.32. The van der Waals surface area contributed by atoms with Crippen LogP contribution in [0, 0.1) is 0 Å². The van der Waals surface area contributed by atoms with Crippen molar-refractivity contribution >= 4 is 11.8 Å². The SMILES string of the molecule is O=c1cc2c(nn1CCN1CCCCC1CNC1CCSCC1)CCC2. The van der Waals surface area contributed by atoms with Gasteiger partial charge in [0.2, 0.25) is 0 Å². The summed E-state index contributed by atoms with van der Waals surface area (Å²) in [6.45, 7) is 3.93. The Morgan fingerprint density at radius 2 is 2.00 bits per heavy atom. The number of hydrogen-bond donors (Lipinski definition) is 1. The molecule has 26 heavy (non-hydrogen) atoms. The lowest BCUT2D eigenvalue weighted by Gasteiger charge is -2.37. The second kappa shape index (κ2) is 8.89. The Bertz CT molecular complexity index is 656. The first-order valence-electron chi connectivity index (χ1n) is 10.4. The van der Waals surface area contributed by atoms with Gasteiger partial charge in [-0.1, -0.05) is 6.42 Å². The molecule has 0 saturated carbocycles. The van der Waals surface area contributed by atoms with E-state index in [4.69, 9.17) is 0 Å². The molecule has 3 aliphatic rings. The molecule has 6 heteroatoms. The average molecular weight is 377 g/mol. The largest absolute Gasteiger partial charge is 0.312 e. The standard InChI is InChI=1S/C20H32N4OS/c25-20-14-16-4-3-6-19(16)22-24(20)11-10-23-9-2-1-5-18(23)15-21-17-7-12-26-13-8-17/h14,17-18,21H,1-13,15H2. The minimum absolute atomic E-state index is 0.0806. The Morgan fingerprint density at radius 3 is 2.88 bits per heavy atom. The van der Waals surface area contributed by atoms with E-state index in [-0.39, 0.29) is 5.56 Å². The van der Waals surface area contributed by atoms with E-state index >= 15 is 0 Å². The van der Waals surface area contributed by atoms with Gasteiger partial charge in [0, 0.05) is 31.2 Å². The van der Waals surface area contributed by atoms with Crippen LogP contribution < -0.4 is 10.9 Å². The normalized spacial score (nSPS) is 24.7. The summed E-state index contributed by atoms with van der Waals surface area (Å²) < 4.78 is 1.71. The number of aryl methyl sites for hydroxylation is 2.